The van der Waals surface area contributed by atoms with Gasteiger partial charge in [0.15, 0.2) is 4.34 Å². The van der Waals surface area contributed by atoms with Gasteiger partial charge in [-0.2, -0.15) is 0 Å². The SMILES string of the molecule is CSc1nc2ccc(NC(=O)c3cnccn3)cc2s1. The van der Waals surface area contributed by atoms with Gasteiger partial charge in [-0.05, 0) is 24.5 Å². The van der Waals surface area contributed by atoms with Gasteiger partial charge in [0.25, 0.3) is 5.91 Å². The lowest BCUT2D eigenvalue weighted by atomic mass is 10.3. The molecule has 2 aromatic heterocycles. The van der Waals surface area contributed by atoms with Gasteiger partial charge < -0.3 is 5.32 Å². The van der Waals surface area contributed by atoms with Crippen molar-refractivity contribution in [2.75, 3.05) is 11.6 Å². The number of rotatable bonds is 3. The second kappa shape index (κ2) is 5.56. The summed E-state index contributed by atoms with van der Waals surface area (Å²) in [6.07, 6.45) is 6.46. The Hall–Kier alpha value is -1.99. The highest BCUT2D eigenvalue weighted by atomic mass is 32.2. The van der Waals surface area contributed by atoms with Crippen LogP contribution in [-0.2, 0) is 0 Å². The molecule has 0 fully saturated rings. The van der Waals surface area contributed by atoms with E-state index in [1.807, 2.05) is 24.5 Å². The molecular weight excluding hydrogens is 292 g/mol. The maximum absolute atomic E-state index is 12.0. The van der Waals surface area contributed by atoms with E-state index in [-0.39, 0.29) is 5.91 Å². The fraction of sp³-hybridized carbons (Fsp3) is 0.0769. The highest BCUT2D eigenvalue weighted by Crippen LogP contribution is 2.29. The molecular formula is C13H10N4OS2. The summed E-state index contributed by atoms with van der Waals surface area (Å²) in [5.74, 6) is -0.271. The first-order valence-electron chi connectivity index (χ1n) is 5.78. The summed E-state index contributed by atoms with van der Waals surface area (Å²) in [5, 5.41) is 2.81. The predicted molar refractivity (Wildman–Crippen MR) is 81.4 cm³/mol. The van der Waals surface area contributed by atoms with Crippen molar-refractivity contribution in [1.82, 2.24) is 15.0 Å². The van der Waals surface area contributed by atoms with E-state index in [0.29, 0.717) is 5.69 Å². The molecule has 0 spiro atoms. The minimum Gasteiger partial charge on any atom is -0.321 e. The topological polar surface area (TPSA) is 67.8 Å². The number of nitrogens with one attached hydrogen (secondary N) is 1. The molecule has 3 aromatic rings. The van der Waals surface area contributed by atoms with Crippen LogP contribution in [-0.4, -0.2) is 27.1 Å². The number of thiazole rings is 1. The van der Waals surface area contributed by atoms with Crippen molar-refractivity contribution in [3.63, 3.8) is 0 Å². The summed E-state index contributed by atoms with van der Waals surface area (Å²) in [7, 11) is 0. The molecule has 5 nitrogen and oxygen atoms in total. The monoisotopic (exact) mass is 302 g/mol. The molecule has 1 N–H and O–H groups in total. The first-order chi connectivity index (χ1) is 9.76. The predicted octanol–water partition coefficient (Wildman–Crippen LogP) is 3.06. The third kappa shape index (κ3) is 2.63. The Morgan fingerprint density at radius 1 is 1.35 bits per heavy atom. The number of anilines is 1. The van der Waals surface area contributed by atoms with Crippen LogP contribution in [0, 0.1) is 0 Å². The average molecular weight is 302 g/mol. The molecule has 0 saturated heterocycles. The largest absolute Gasteiger partial charge is 0.321 e. The smallest absolute Gasteiger partial charge is 0.275 e. The zero-order valence-electron chi connectivity index (χ0n) is 10.5. The zero-order valence-corrected chi connectivity index (χ0v) is 12.2. The van der Waals surface area contributed by atoms with Gasteiger partial charge >= 0.3 is 0 Å². The van der Waals surface area contributed by atoms with Crippen LogP contribution in [0.4, 0.5) is 5.69 Å². The lowest BCUT2D eigenvalue weighted by molar-refractivity contribution is 0.102. The maximum atomic E-state index is 12.0. The number of aromatic nitrogens is 3. The quantitative estimate of drug-likeness (QED) is 0.753. The van der Waals surface area contributed by atoms with E-state index in [2.05, 4.69) is 20.3 Å². The van der Waals surface area contributed by atoms with Gasteiger partial charge in [0.1, 0.15) is 5.69 Å². The van der Waals surface area contributed by atoms with Crippen molar-refractivity contribution >= 4 is 44.9 Å². The third-order valence-corrected chi connectivity index (χ3v) is 4.60. The number of hydrogen-bond donors (Lipinski definition) is 1. The van der Waals surface area contributed by atoms with Gasteiger partial charge in [0.05, 0.1) is 16.4 Å². The summed E-state index contributed by atoms with van der Waals surface area (Å²) in [5.41, 5.74) is 1.96. The number of benzene rings is 1. The molecule has 0 aliphatic carbocycles. The van der Waals surface area contributed by atoms with Crippen molar-refractivity contribution in [1.29, 1.82) is 0 Å². The zero-order chi connectivity index (χ0) is 13.9. The van der Waals surface area contributed by atoms with Crippen LogP contribution in [0.1, 0.15) is 10.5 Å². The molecule has 7 heteroatoms. The van der Waals surface area contributed by atoms with Crippen molar-refractivity contribution in [3.8, 4) is 0 Å². The number of carbonyl (C=O) groups is 1. The van der Waals surface area contributed by atoms with E-state index in [1.165, 1.54) is 18.6 Å². The Labute approximate surface area is 123 Å². The van der Waals surface area contributed by atoms with Crippen LogP contribution in [0.25, 0.3) is 10.2 Å². The second-order valence-electron chi connectivity index (χ2n) is 3.91. The summed E-state index contributed by atoms with van der Waals surface area (Å²) in [6.45, 7) is 0. The molecule has 0 radical (unpaired) electrons. The molecule has 2 heterocycles. The molecule has 1 amide bonds. The summed E-state index contributed by atoms with van der Waals surface area (Å²) < 4.78 is 2.06. The number of hydrogen-bond acceptors (Lipinski definition) is 6. The van der Waals surface area contributed by atoms with E-state index < -0.39 is 0 Å². The fourth-order valence-electron chi connectivity index (χ4n) is 1.68. The molecule has 20 heavy (non-hydrogen) atoms. The molecule has 0 aliphatic rings. The molecule has 3 rings (SSSR count). The number of nitrogens with zero attached hydrogens (tertiary/aromatic N) is 3. The first-order valence-corrected chi connectivity index (χ1v) is 7.82. The maximum Gasteiger partial charge on any atom is 0.275 e. The van der Waals surface area contributed by atoms with Crippen LogP contribution in [0.5, 0.6) is 0 Å². The summed E-state index contributed by atoms with van der Waals surface area (Å²) in [4.78, 5) is 24.3. The van der Waals surface area contributed by atoms with Crippen molar-refractivity contribution in [2.24, 2.45) is 0 Å². The number of carbonyl (C=O) groups excluding carboxylic acids is 1. The van der Waals surface area contributed by atoms with Crippen LogP contribution in [0.3, 0.4) is 0 Å². The lowest BCUT2D eigenvalue weighted by Gasteiger charge is -2.03. The van der Waals surface area contributed by atoms with Gasteiger partial charge in [-0.3, -0.25) is 9.78 Å². The third-order valence-electron chi connectivity index (χ3n) is 2.60. The van der Waals surface area contributed by atoms with E-state index in [4.69, 9.17) is 0 Å². The number of amides is 1. The van der Waals surface area contributed by atoms with E-state index >= 15 is 0 Å². The molecule has 0 aliphatic heterocycles. The number of thioether (sulfide) groups is 1. The van der Waals surface area contributed by atoms with Gasteiger partial charge in [-0.1, -0.05) is 11.8 Å². The molecule has 0 bridgehead atoms. The first kappa shape index (κ1) is 13.0. The Balaban J connectivity index is 1.85. The molecule has 0 atom stereocenters. The minimum absolute atomic E-state index is 0.271. The Morgan fingerprint density at radius 2 is 2.25 bits per heavy atom. The Morgan fingerprint density at radius 3 is 3.00 bits per heavy atom. The van der Waals surface area contributed by atoms with E-state index in [0.717, 1.165) is 20.2 Å². The Bertz CT molecular complexity index is 757. The summed E-state index contributed by atoms with van der Waals surface area (Å²) in [6, 6.07) is 5.65. The van der Waals surface area contributed by atoms with Crippen LogP contribution >= 0.6 is 23.1 Å². The lowest BCUT2D eigenvalue weighted by Crippen LogP contribution is -2.13. The van der Waals surface area contributed by atoms with Gasteiger partial charge in [-0.15, -0.1) is 11.3 Å². The average Bonchev–Trinajstić information content (AvgIpc) is 2.90. The highest BCUT2D eigenvalue weighted by molar-refractivity contribution is 8.00. The van der Waals surface area contributed by atoms with E-state index in [1.54, 1.807) is 23.1 Å². The normalized spacial score (nSPS) is 10.7. The summed E-state index contributed by atoms with van der Waals surface area (Å²) >= 11 is 3.22. The van der Waals surface area contributed by atoms with Gasteiger partial charge in [0.2, 0.25) is 0 Å². The Kier molecular flexibility index (Phi) is 3.62. The van der Waals surface area contributed by atoms with E-state index in [9.17, 15) is 4.79 Å². The van der Waals surface area contributed by atoms with Crippen LogP contribution in [0.2, 0.25) is 0 Å². The van der Waals surface area contributed by atoms with Gasteiger partial charge in [0, 0.05) is 18.1 Å². The van der Waals surface area contributed by atoms with Gasteiger partial charge in [-0.25, -0.2) is 9.97 Å². The van der Waals surface area contributed by atoms with Crippen LogP contribution < -0.4 is 5.32 Å². The highest BCUT2D eigenvalue weighted by Gasteiger charge is 2.09. The number of fused-ring (bicyclic) bond motifs is 1. The van der Waals surface area contributed by atoms with Crippen molar-refractivity contribution in [2.45, 2.75) is 4.34 Å². The second-order valence-corrected chi connectivity index (χ2v) is 6.00. The van der Waals surface area contributed by atoms with Crippen molar-refractivity contribution < 1.29 is 4.79 Å². The standard InChI is InChI=1S/C13H10N4OS2/c1-19-13-17-9-3-2-8(6-11(9)20-13)16-12(18)10-7-14-4-5-15-10/h2-7H,1H3,(H,16,18). The molecule has 0 saturated carbocycles. The molecule has 1 aromatic carbocycles. The minimum atomic E-state index is -0.271. The fourth-order valence-corrected chi connectivity index (χ4v) is 3.21. The molecule has 100 valence electrons. The van der Waals surface area contributed by atoms with Crippen molar-refractivity contribution in [3.05, 3.63) is 42.5 Å². The van der Waals surface area contributed by atoms with Crippen LogP contribution in [0.15, 0.2) is 41.1 Å². The molecule has 0 unspecified atom stereocenters.